The molecule has 0 radical (unpaired) electrons. The fourth-order valence-electron chi connectivity index (χ4n) is 3.57. The summed E-state index contributed by atoms with van der Waals surface area (Å²) in [4.78, 5) is 16.3. The van der Waals surface area contributed by atoms with E-state index < -0.39 is 5.60 Å². The van der Waals surface area contributed by atoms with Crippen molar-refractivity contribution < 1.29 is 9.53 Å². The van der Waals surface area contributed by atoms with E-state index in [1.54, 1.807) is 6.92 Å². The Kier molecular flexibility index (Phi) is 3.48. The number of hydrogen-bond donors (Lipinski definition) is 1. The van der Waals surface area contributed by atoms with Gasteiger partial charge in [-0.1, -0.05) is 47.5 Å². The van der Waals surface area contributed by atoms with E-state index in [-0.39, 0.29) is 11.4 Å². The van der Waals surface area contributed by atoms with Crippen LogP contribution in [-0.2, 0) is 15.1 Å². The Bertz CT molecular complexity index is 1080. The van der Waals surface area contributed by atoms with Crippen molar-refractivity contribution in [2.45, 2.75) is 26.4 Å². The zero-order valence-corrected chi connectivity index (χ0v) is 14.9. The van der Waals surface area contributed by atoms with Crippen LogP contribution in [0.2, 0.25) is 0 Å². The summed E-state index contributed by atoms with van der Waals surface area (Å²) in [5.74, 6) is 0.00835. The largest absolute Gasteiger partial charge is 0.471 e. The Morgan fingerprint density at radius 1 is 1.08 bits per heavy atom. The molecule has 3 aromatic rings. The molecule has 0 aliphatic carbocycles. The van der Waals surface area contributed by atoms with Crippen LogP contribution in [0.15, 0.2) is 54.1 Å². The third kappa shape index (κ3) is 2.33. The molecule has 2 heterocycles. The van der Waals surface area contributed by atoms with Gasteiger partial charge in [-0.3, -0.25) is 4.79 Å². The van der Waals surface area contributed by atoms with Crippen molar-refractivity contribution in [1.82, 2.24) is 4.98 Å². The van der Waals surface area contributed by atoms with Crippen LogP contribution in [-0.4, -0.2) is 10.8 Å². The number of nitriles is 1. The van der Waals surface area contributed by atoms with Crippen molar-refractivity contribution in [2.75, 3.05) is 0 Å². The zero-order chi connectivity index (χ0) is 18.5. The molecule has 0 saturated heterocycles. The van der Waals surface area contributed by atoms with Crippen LogP contribution in [0.3, 0.4) is 0 Å². The lowest BCUT2D eigenvalue weighted by Crippen LogP contribution is -2.31. The lowest BCUT2D eigenvalue weighted by Gasteiger charge is -2.25. The van der Waals surface area contributed by atoms with Crippen molar-refractivity contribution in [2.24, 2.45) is 0 Å². The second kappa shape index (κ2) is 5.60. The summed E-state index contributed by atoms with van der Waals surface area (Å²) < 4.78 is 6.15. The normalized spacial score (nSPS) is 19.7. The van der Waals surface area contributed by atoms with Crippen molar-refractivity contribution in [3.05, 3.63) is 76.5 Å². The molecular weight excluding hydrogens is 324 g/mol. The van der Waals surface area contributed by atoms with Gasteiger partial charge in [-0.15, -0.1) is 0 Å². The number of H-pyrrole nitrogens is 1. The number of aromatic amines is 1. The first kappa shape index (κ1) is 16.2. The van der Waals surface area contributed by atoms with E-state index in [4.69, 9.17) is 4.74 Å². The summed E-state index contributed by atoms with van der Waals surface area (Å²) in [6, 6.07) is 17.7. The minimum atomic E-state index is -1.20. The number of carbonyl (C=O) groups excluding carboxylic acids is 1. The van der Waals surface area contributed by atoms with Crippen molar-refractivity contribution in [1.29, 1.82) is 5.26 Å². The van der Waals surface area contributed by atoms with Gasteiger partial charge in [-0.25, -0.2) is 0 Å². The molecule has 1 aliphatic rings. The Balaban J connectivity index is 1.85. The average Bonchev–Trinajstić information content (AvgIpc) is 3.14. The molecule has 1 N–H and O–H groups in total. The number of Topliss-reactive ketones (excluding diaryl/α,β-unsaturated/α-hetero) is 1. The van der Waals surface area contributed by atoms with E-state index >= 15 is 0 Å². The number of fused-ring (bicyclic) bond motifs is 1. The number of nitrogens with zero attached hydrogens (tertiary/aromatic N) is 1. The standard InChI is InChI=1S/C22H18N2O2/c1-13-8-14(2)10-16(9-13)22(3)21(25)17(12-23)20(26-22)19-11-15-6-4-5-7-18(15)24-19/h4-11,24H,1-3H3. The fourth-order valence-corrected chi connectivity index (χ4v) is 3.57. The number of aryl methyl sites for hydroxylation is 2. The molecule has 1 atom stereocenters. The number of hydrogen-bond acceptors (Lipinski definition) is 3. The Labute approximate surface area is 151 Å². The van der Waals surface area contributed by atoms with Crippen LogP contribution in [0.1, 0.15) is 29.3 Å². The van der Waals surface area contributed by atoms with Gasteiger partial charge in [-0.05, 0) is 32.9 Å². The molecule has 1 aromatic heterocycles. The summed E-state index contributed by atoms with van der Waals surface area (Å²) in [5.41, 5.74) is 3.30. The maximum Gasteiger partial charge on any atom is 0.225 e. The van der Waals surface area contributed by atoms with Gasteiger partial charge >= 0.3 is 0 Å². The Morgan fingerprint density at radius 2 is 1.77 bits per heavy atom. The molecule has 0 amide bonds. The minimum absolute atomic E-state index is 0.0539. The quantitative estimate of drug-likeness (QED) is 0.744. The van der Waals surface area contributed by atoms with Crippen LogP contribution in [0.4, 0.5) is 0 Å². The van der Waals surface area contributed by atoms with Crippen molar-refractivity contribution >= 4 is 22.4 Å². The lowest BCUT2D eigenvalue weighted by molar-refractivity contribution is -0.128. The summed E-state index contributed by atoms with van der Waals surface area (Å²) in [7, 11) is 0. The predicted octanol–water partition coefficient (Wildman–Crippen LogP) is 4.53. The highest BCUT2D eigenvalue weighted by Gasteiger charge is 2.48. The van der Waals surface area contributed by atoms with Crippen LogP contribution >= 0.6 is 0 Å². The van der Waals surface area contributed by atoms with Crippen LogP contribution < -0.4 is 0 Å². The Hall–Kier alpha value is -3.32. The molecule has 0 saturated carbocycles. The first-order valence-corrected chi connectivity index (χ1v) is 8.47. The van der Waals surface area contributed by atoms with Crippen LogP contribution in [0.25, 0.3) is 16.7 Å². The topological polar surface area (TPSA) is 65.9 Å². The van der Waals surface area contributed by atoms with Gasteiger partial charge in [0.2, 0.25) is 5.78 Å². The molecule has 4 heteroatoms. The van der Waals surface area contributed by atoms with Gasteiger partial charge in [0.05, 0.1) is 5.69 Å². The monoisotopic (exact) mass is 342 g/mol. The third-order valence-corrected chi connectivity index (χ3v) is 4.85. The number of para-hydroxylation sites is 1. The number of rotatable bonds is 2. The smallest absolute Gasteiger partial charge is 0.225 e. The maximum atomic E-state index is 13.1. The molecule has 4 nitrogen and oxygen atoms in total. The molecular formula is C22H18N2O2. The molecule has 2 aromatic carbocycles. The highest BCUT2D eigenvalue weighted by atomic mass is 16.5. The van der Waals surface area contributed by atoms with E-state index in [1.165, 1.54) is 0 Å². The van der Waals surface area contributed by atoms with Crippen molar-refractivity contribution in [3.8, 4) is 6.07 Å². The summed E-state index contributed by atoms with van der Waals surface area (Å²) in [6.45, 7) is 5.70. The molecule has 26 heavy (non-hydrogen) atoms. The molecule has 0 fully saturated rings. The van der Waals surface area contributed by atoms with Gasteiger partial charge in [0, 0.05) is 16.5 Å². The number of benzene rings is 2. The minimum Gasteiger partial charge on any atom is -0.471 e. The summed E-state index contributed by atoms with van der Waals surface area (Å²) in [6.07, 6.45) is 0. The number of nitrogens with one attached hydrogen (secondary N) is 1. The maximum absolute atomic E-state index is 13.1. The fraction of sp³-hybridized carbons (Fsp3) is 0.182. The lowest BCUT2D eigenvalue weighted by atomic mass is 9.87. The number of ether oxygens (including phenoxy) is 1. The van der Waals surface area contributed by atoms with Crippen LogP contribution in [0.5, 0.6) is 0 Å². The van der Waals surface area contributed by atoms with Crippen LogP contribution in [0, 0.1) is 25.2 Å². The number of carbonyl (C=O) groups is 1. The first-order chi connectivity index (χ1) is 12.4. The van der Waals surface area contributed by atoms with Gasteiger partial charge in [0.15, 0.2) is 11.4 Å². The van der Waals surface area contributed by atoms with E-state index in [2.05, 4.69) is 4.98 Å². The molecule has 0 bridgehead atoms. The SMILES string of the molecule is Cc1cc(C)cc(C2(C)OC(c3cc4ccccc4[nH]3)=C(C#N)C2=O)c1. The first-order valence-electron chi connectivity index (χ1n) is 8.47. The predicted molar refractivity (Wildman–Crippen MR) is 100 cm³/mol. The van der Waals surface area contributed by atoms with E-state index in [0.717, 1.165) is 27.6 Å². The van der Waals surface area contributed by atoms with E-state index in [9.17, 15) is 10.1 Å². The van der Waals surface area contributed by atoms with Gasteiger partial charge < -0.3 is 9.72 Å². The molecule has 0 spiro atoms. The highest BCUT2D eigenvalue weighted by molar-refractivity contribution is 6.13. The van der Waals surface area contributed by atoms with E-state index in [1.807, 2.05) is 68.4 Å². The summed E-state index contributed by atoms with van der Waals surface area (Å²) in [5, 5.41) is 10.6. The average molecular weight is 342 g/mol. The zero-order valence-electron chi connectivity index (χ0n) is 14.9. The molecule has 1 unspecified atom stereocenters. The van der Waals surface area contributed by atoms with Crippen molar-refractivity contribution in [3.63, 3.8) is 0 Å². The third-order valence-electron chi connectivity index (χ3n) is 4.85. The molecule has 1 aliphatic heterocycles. The van der Waals surface area contributed by atoms with Gasteiger partial charge in [0.25, 0.3) is 0 Å². The van der Waals surface area contributed by atoms with E-state index in [0.29, 0.717) is 11.5 Å². The van der Waals surface area contributed by atoms with Gasteiger partial charge in [-0.2, -0.15) is 5.26 Å². The molecule has 128 valence electrons. The number of ketones is 1. The Morgan fingerprint density at radius 3 is 2.42 bits per heavy atom. The highest BCUT2D eigenvalue weighted by Crippen LogP contribution is 2.43. The van der Waals surface area contributed by atoms with Gasteiger partial charge in [0.1, 0.15) is 11.6 Å². The second-order valence-electron chi connectivity index (χ2n) is 6.93. The number of aromatic nitrogens is 1. The summed E-state index contributed by atoms with van der Waals surface area (Å²) >= 11 is 0. The second-order valence-corrected chi connectivity index (χ2v) is 6.93. The molecule has 4 rings (SSSR count).